The van der Waals surface area contributed by atoms with Crippen LogP contribution in [0.3, 0.4) is 0 Å². The Morgan fingerprint density at radius 2 is 2.05 bits per heavy atom. The third-order valence-electron chi connectivity index (χ3n) is 3.04. The van der Waals surface area contributed by atoms with Crippen LogP contribution in [0, 0.1) is 0 Å². The molecule has 0 amide bonds. The van der Waals surface area contributed by atoms with E-state index in [1.807, 2.05) is 0 Å². The first-order chi connectivity index (χ1) is 9.29. The second-order valence-corrected chi connectivity index (χ2v) is 4.58. The highest BCUT2D eigenvalue weighted by molar-refractivity contribution is 5.60. The van der Waals surface area contributed by atoms with Crippen molar-refractivity contribution in [2.24, 2.45) is 7.05 Å². The summed E-state index contributed by atoms with van der Waals surface area (Å²) >= 11 is 0. The van der Waals surface area contributed by atoms with Crippen molar-refractivity contribution in [1.29, 1.82) is 0 Å². The molecule has 7 heteroatoms. The van der Waals surface area contributed by atoms with Gasteiger partial charge in [0.15, 0.2) is 0 Å². The summed E-state index contributed by atoms with van der Waals surface area (Å²) in [4.78, 5) is 5.61. The molecule has 2 rings (SSSR count). The SMILES string of the molecule is CN(Cc1nccn1C)c1ccc(N)cc1C(F)(F)F. The number of nitrogens with two attached hydrogens (primary N) is 1. The van der Waals surface area contributed by atoms with Crippen LogP contribution in [0.25, 0.3) is 0 Å². The highest BCUT2D eigenvalue weighted by Gasteiger charge is 2.34. The first kappa shape index (κ1) is 14.2. The van der Waals surface area contributed by atoms with Crippen molar-refractivity contribution in [3.05, 3.63) is 42.0 Å². The van der Waals surface area contributed by atoms with Gasteiger partial charge in [-0.2, -0.15) is 13.2 Å². The van der Waals surface area contributed by atoms with Crippen LogP contribution in [0.15, 0.2) is 30.6 Å². The molecule has 20 heavy (non-hydrogen) atoms. The summed E-state index contributed by atoms with van der Waals surface area (Å²) in [6, 6.07) is 3.78. The van der Waals surface area contributed by atoms with Crippen molar-refractivity contribution >= 4 is 11.4 Å². The van der Waals surface area contributed by atoms with Gasteiger partial charge in [0.2, 0.25) is 0 Å². The van der Waals surface area contributed by atoms with Crippen molar-refractivity contribution in [2.75, 3.05) is 17.7 Å². The summed E-state index contributed by atoms with van der Waals surface area (Å²) in [5.74, 6) is 0.678. The fourth-order valence-corrected chi connectivity index (χ4v) is 1.96. The van der Waals surface area contributed by atoms with Crippen molar-refractivity contribution in [3.63, 3.8) is 0 Å². The maximum Gasteiger partial charge on any atom is 0.418 e. The number of aryl methyl sites for hydroxylation is 1. The van der Waals surface area contributed by atoms with Crippen LogP contribution in [-0.4, -0.2) is 16.6 Å². The van der Waals surface area contributed by atoms with E-state index in [9.17, 15) is 13.2 Å². The van der Waals surface area contributed by atoms with Crippen LogP contribution < -0.4 is 10.6 Å². The second kappa shape index (κ2) is 5.07. The molecule has 2 aromatic rings. The Labute approximate surface area is 114 Å². The van der Waals surface area contributed by atoms with Gasteiger partial charge in [0.25, 0.3) is 0 Å². The first-order valence-electron chi connectivity index (χ1n) is 5.93. The summed E-state index contributed by atoms with van der Waals surface area (Å²) in [7, 11) is 3.39. The Bertz CT molecular complexity index is 604. The van der Waals surface area contributed by atoms with Gasteiger partial charge in [-0.25, -0.2) is 4.98 Å². The van der Waals surface area contributed by atoms with E-state index in [2.05, 4.69) is 4.98 Å². The maximum absolute atomic E-state index is 13.0. The van der Waals surface area contributed by atoms with E-state index in [1.165, 1.54) is 17.0 Å². The quantitative estimate of drug-likeness (QED) is 0.881. The number of alkyl halides is 3. The molecule has 2 N–H and O–H groups in total. The number of nitrogen functional groups attached to an aromatic ring is 1. The van der Waals surface area contributed by atoms with Crippen LogP contribution in [-0.2, 0) is 19.8 Å². The number of hydrogen-bond acceptors (Lipinski definition) is 3. The fourth-order valence-electron chi connectivity index (χ4n) is 1.96. The van der Waals surface area contributed by atoms with E-state index in [1.54, 1.807) is 31.1 Å². The monoisotopic (exact) mass is 284 g/mol. The summed E-state index contributed by atoms with van der Waals surface area (Å²) in [6.07, 6.45) is -1.09. The molecular formula is C13H15F3N4. The number of nitrogens with zero attached hydrogens (tertiary/aromatic N) is 3. The summed E-state index contributed by atoms with van der Waals surface area (Å²) in [5, 5.41) is 0. The Kier molecular flexibility index (Phi) is 3.61. The van der Waals surface area contributed by atoms with Gasteiger partial charge in [-0.3, -0.25) is 0 Å². The van der Waals surface area contributed by atoms with Gasteiger partial charge in [-0.05, 0) is 18.2 Å². The van der Waals surface area contributed by atoms with E-state index in [4.69, 9.17) is 5.73 Å². The molecule has 0 unspecified atom stereocenters. The van der Waals surface area contributed by atoms with Crippen molar-refractivity contribution in [2.45, 2.75) is 12.7 Å². The minimum absolute atomic E-state index is 0.0784. The smallest absolute Gasteiger partial charge is 0.399 e. The lowest BCUT2D eigenvalue weighted by molar-refractivity contribution is -0.137. The Morgan fingerprint density at radius 1 is 1.35 bits per heavy atom. The van der Waals surface area contributed by atoms with Gasteiger partial charge in [-0.15, -0.1) is 0 Å². The summed E-state index contributed by atoms with van der Waals surface area (Å²) in [6.45, 7) is 0.274. The number of anilines is 2. The Hall–Kier alpha value is -2.18. The van der Waals surface area contributed by atoms with Crippen LogP contribution in [0.1, 0.15) is 11.4 Å². The van der Waals surface area contributed by atoms with E-state index >= 15 is 0 Å². The van der Waals surface area contributed by atoms with Gasteiger partial charge >= 0.3 is 6.18 Å². The van der Waals surface area contributed by atoms with E-state index in [-0.39, 0.29) is 17.9 Å². The molecule has 0 radical (unpaired) electrons. The number of hydrogen-bond donors (Lipinski definition) is 1. The average molecular weight is 284 g/mol. The molecule has 1 heterocycles. The van der Waals surface area contributed by atoms with E-state index in [0.717, 1.165) is 6.07 Å². The molecule has 1 aromatic carbocycles. The molecule has 108 valence electrons. The molecule has 1 aromatic heterocycles. The molecule has 0 fully saturated rings. The molecule has 4 nitrogen and oxygen atoms in total. The van der Waals surface area contributed by atoms with Gasteiger partial charge in [0.1, 0.15) is 5.82 Å². The van der Waals surface area contributed by atoms with Crippen molar-refractivity contribution in [3.8, 4) is 0 Å². The van der Waals surface area contributed by atoms with Gasteiger partial charge in [-0.1, -0.05) is 0 Å². The number of imidazole rings is 1. The Morgan fingerprint density at radius 3 is 2.60 bits per heavy atom. The molecular weight excluding hydrogens is 269 g/mol. The average Bonchev–Trinajstić information content (AvgIpc) is 2.73. The topological polar surface area (TPSA) is 47.1 Å². The lowest BCUT2D eigenvalue weighted by Crippen LogP contribution is -2.22. The predicted molar refractivity (Wildman–Crippen MR) is 71.2 cm³/mol. The van der Waals surface area contributed by atoms with E-state index in [0.29, 0.717) is 5.82 Å². The zero-order valence-electron chi connectivity index (χ0n) is 11.1. The maximum atomic E-state index is 13.0. The lowest BCUT2D eigenvalue weighted by Gasteiger charge is -2.23. The molecule has 0 aliphatic rings. The lowest BCUT2D eigenvalue weighted by atomic mass is 10.1. The second-order valence-electron chi connectivity index (χ2n) is 4.58. The van der Waals surface area contributed by atoms with Gasteiger partial charge in [0, 0.05) is 37.9 Å². The third kappa shape index (κ3) is 2.87. The standard InChI is InChI=1S/C13H15F3N4/c1-19-6-5-18-12(19)8-20(2)11-4-3-9(17)7-10(11)13(14,15)16/h3-7H,8,17H2,1-2H3. The number of aromatic nitrogens is 2. The van der Waals surface area contributed by atoms with Crippen LogP contribution >= 0.6 is 0 Å². The van der Waals surface area contributed by atoms with Crippen molar-refractivity contribution in [1.82, 2.24) is 9.55 Å². The molecule has 0 bridgehead atoms. The first-order valence-corrected chi connectivity index (χ1v) is 5.93. The zero-order chi connectivity index (χ0) is 14.9. The molecule has 0 spiro atoms. The molecule has 0 saturated carbocycles. The highest BCUT2D eigenvalue weighted by atomic mass is 19.4. The summed E-state index contributed by atoms with van der Waals surface area (Å²) < 4.78 is 40.9. The van der Waals surface area contributed by atoms with E-state index < -0.39 is 11.7 Å². The number of halogens is 3. The molecule has 0 aliphatic heterocycles. The third-order valence-corrected chi connectivity index (χ3v) is 3.04. The minimum atomic E-state index is -4.44. The number of benzene rings is 1. The Balaban J connectivity index is 2.35. The molecule has 0 aliphatic carbocycles. The fraction of sp³-hybridized carbons (Fsp3) is 0.308. The van der Waals surface area contributed by atoms with Crippen LogP contribution in [0.2, 0.25) is 0 Å². The molecule has 0 saturated heterocycles. The largest absolute Gasteiger partial charge is 0.418 e. The van der Waals surface area contributed by atoms with Crippen LogP contribution in [0.5, 0.6) is 0 Å². The number of rotatable bonds is 3. The van der Waals surface area contributed by atoms with Crippen molar-refractivity contribution < 1.29 is 13.2 Å². The predicted octanol–water partition coefficient (Wildman–Crippen LogP) is 2.66. The zero-order valence-corrected chi connectivity index (χ0v) is 11.1. The summed E-state index contributed by atoms with van der Waals surface area (Å²) in [5.41, 5.74) is 4.88. The minimum Gasteiger partial charge on any atom is -0.399 e. The van der Waals surface area contributed by atoms with Gasteiger partial charge < -0.3 is 15.2 Å². The highest BCUT2D eigenvalue weighted by Crippen LogP contribution is 2.37. The van der Waals surface area contributed by atoms with Gasteiger partial charge in [0.05, 0.1) is 12.1 Å². The molecule has 0 atom stereocenters. The van der Waals surface area contributed by atoms with Crippen LogP contribution in [0.4, 0.5) is 24.5 Å². The normalized spacial score (nSPS) is 11.7.